The van der Waals surface area contributed by atoms with E-state index < -0.39 is 28.4 Å². The van der Waals surface area contributed by atoms with Crippen molar-refractivity contribution >= 4 is 39.6 Å². The van der Waals surface area contributed by atoms with Gasteiger partial charge in [0.05, 0.1) is 16.5 Å². The first kappa shape index (κ1) is 21.5. The number of hydrogen-bond acceptors (Lipinski definition) is 10. The van der Waals surface area contributed by atoms with E-state index in [1.165, 1.54) is 30.3 Å². The first-order valence-corrected chi connectivity index (χ1v) is 10.9. The van der Waals surface area contributed by atoms with E-state index in [1.54, 1.807) is 19.1 Å². The second-order valence-corrected chi connectivity index (χ2v) is 8.64. The zero-order valence-electron chi connectivity index (χ0n) is 17.6. The number of anilines is 1. The fourth-order valence-corrected chi connectivity index (χ4v) is 4.57. The maximum atomic E-state index is 13.1. The SMILES string of the molecule is Cc1nnc(N2C(=O)C(=O)/C(=C(/O)c3ccc4c(c3)OCCO4)[C@@H]2c2ccc([N+](=O)[O-])cc2)s1. The van der Waals surface area contributed by atoms with E-state index in [1.807, 2.05) is 0 Å². The lowest BCUT2D eigenvalue weighted by Gasteiger charge is -2.23. The van der Waals surface area contributed by atoms with E-state index in [9.17, 15) is 24.8 Å². The highest BCUT2D eigenvalue weighted by Gasteiger charge is 2.48. The maximum absolute atomic E-state index is 13.1. The predicted octanol–water partition coefficient (Wildman–Crippen LogP) is 3.15. The van der Waals surface area contributed by atoms with Gasteiger partial charge in [0.25, 0.3) is 11.5 Å². The van der Waals surface area contributed by atoms with Crippen LogP contribution in [0.15, 0.2) is 48.0 Å². The van der Waals surface area contributed by atoms with Crippen molar-refractivity contribution in [2.24, 2.45) is 0 Å². The molecule has 1 atom stereocenters. The Balaban J connectivity index is 1.68. The summed E-state index contributed by atoms with van der Waals surface area (Å²) in [5, 5.41) is 31.0. The number of aryl methyl sites for hydroxylation is 1. The van der Waals surface area contributed by atoms with Gasteiger partial charge in [0.15, 0.2) is 11.5 Å². The molecule has 1 N–H and O–H groups in total. The van der Waals surface area contributed by atoms with Crippen LogP contribution < -0.4 is 14.4 Å². The summed E-state index contributed by atoms with van der Waals surface area (Å²) >= 11 is 1.11. The molecule has 1 aromatic heterocycles. The van der Waals surface area contributed by atoms with Crippen LogP contribution in [0.1, 0.15) is 22.2 Å². The van der Waals surface area contributed by atoms with Crippen molar-refractivity contribution in [3.05, 3.63) is 74.3 Å². The number of Topliss-reactive ketones (excluding diaryl/α,β-unsaturated/α-hetero) is 1. The molecule has 0 radical (unpaired) electrons. The predicted molar refractivity (Wildman–Crippen MR) is 120 cm³/mol. The van der Waals surface area contributed by atoms with E-state index in [4.69, 9.17) is 9.47 Å². The van der Waals surface area contributed by atoms with Crippen LogP contribution in [0.4, 0.5) is 10.8 Å². The maximum Gasteiger partial charge on any atom is 0.301 e. The molecule has 3 aromatic rings. The molecule has 1 amide bonds. The fourth-order valence-electron chi connectivity index (χ4n) is 3.85. The highest BCUT2D eigenvalue weighted by atomic mass is 32.1. The number of amides is 1. The monoisotopic (exact) mass is 480 g/mol. The molecule has 11 nitrogen and oxygen atoms in total. The number of rotatable bonds is 4. The van der Waals surface area contributed by atoms with E-state index in [-0.39, 0.29) is 22.0 Å². The lowest BCUT2D eigenvalue weighted by Crippen LogP contribution is -2.29. The number of hydrogen-bond donors (Lipinski definition) is 1. The number of nitrogens with zero attached hydrogens (tertiary/aromatic N) is 4. The second-order valence-electron chi connectivity index (χ2n) is 7.48. The minimum Gasteiger partial charge on any atom is -0.507 e. The van der Waals surface area contributed by atoms with Gasteiger partial charge in [-0.15, -0.1) is 10.2 Å². The van der Waals surface area contributed by atoms with Gasteiger partial charge in [-0.1, -0.05) is 11.3 Å². The second kappa shape index (κ2) is 8.23. The topological polar surface area (TPSA) is 145 Å². The van der Waals surface area contributed by atoms with Gasteiger partial charge in [-0.25, -0.2) is 0 Å². The van der Waals surface area contributed by atoms with Gasteiger partial charge >= 0.3 is 5.91 Å². The highest BCUT2D eigenvalue weighted by molar-refractivity contribution is 7.15. The van der Waals surface area contributed by atoms with Gasteiger partial charge in [-0.05, 0) is 42.8 Å². The molecule has 2 aromatic carbocycles. The molecule has 2 aliphatic heterocycles. The minimum atomic E-state index is -1.07. The molecule has 0 aliphatic carbocycles. The summed E-state index contributed by atoms with van der Waals surface area (Å²) < 4.78 is 11.1. The molecule has 34 heavy (non-hydrogen) atoms. The fraction of sp³-hybridized carbons (Fsp3) is 0.182. The molecular formula is C22H16N4O7S. The minimum absolute atomic E-state index is 0.153. The Bertz CT molecular complexity index is 1370. The van der Waals surface area contributed by atoms with Crippen molar-refractivity contribution in [3.8, 4) is 11.5 Å². The average Bonchev–Trinajstić information content (AvgIpc) is 3.38. The van der Waals surface area contributed by atoms with Crippen molar-refractivity contribution in [3.63, 3.8) is 0 Å². The van der Waals surface area contributed by atoms with Crippen molar-refractivity contribution in [2.75, 3.05) is 18.1 Å². The molecule has 0 bridgehead atoms. The van der Waals surface area contributed by atoms with Crippen LogP contribution in [-0.2, 0) is 9.59 Å². The quantitative estimate of drug-likeness (QED) is 0.196. The van der Waals surface area contributed by atoms with Gasteiger partial charge in [0.2, 0.25) is 5.13 Å². The number of nitro groups is 1. The molecule has 5 rings (SSSR count). The third-order valence-corrected chi connectivity index (χ3v) is 6.24. The zero-order valence-corrected chi connectivity index (χ0v) is 18.4. The normalized spacial score (nSPS) is 18.9. The van der Waals surface area contributed by atoms with Crippen LogP contribution in [0.25, 0.3) is 5.76 Å². The molecule has 3 heterocycles. The third-order valence-electron chi connectivity index (χ3n) is 5.40. The summed E-state index contributed by atoms with van der Waals surface area (Å²) in [6.45, 7) is 2.43. The smallest absolute Gasteiger partial charge is 0.301 e. The van der Waals surface area contributed by atoms with Gasteiger partial charge in [0, 0.05) is 17.7 Å². The van der Waals surface area contributed by atoms with Crippen molar-refractivity contribution in [2.45, 2.75) is 13.0 Å². The van der Waals surface area contributed by atoms with Gasteiger partial charge in [-0.3, -0.25) is 24.6 Å². The number of carbonyl (C=O) groups is 2. The van der Waals surface area contributed by atoms with Gasteiger partial charge in [-0.2, -0.15) is 0 Å². The third kappa shape index (κ3) is 3.53. The summed E-state index contributed by atoms with van der Waals surface area (Å²) in [6.07, 6.45) is 0. The van der Waals surface area contributed by atoms with Crippen molar-refractivity contribution in [1.29, 1.82) is 0 Å². The van der Waals surface area contributed by atoms with E-state index in [0.717, 1.165) is 16.2 Å². The molecule has 1 saturated heterocycles. The van der Waals surface area contributed by atoms with Crippen molar-refractivity contribution in [1.82, 2.24) is 10.2 Å². The van der Waals surface area contributed by atoms with Crippen LogP contribution in [0.3, 0.4) is 0 Å². The number of ether oxygens (including phenoxy) is 2. The van der Waals surface area contributed by atoms with E-state index in [2.05, 4.69) is 10.2 Å². The molecule has 0 spiro atoms. The lowest BCUT2D eigenvalue weighted by atomic mass is 9.95. The van der Waals surface area contributed by atoms with Crippen LogP contribution >= 0.6 is 11.3 Å². The van der Waals surface area contributed by atoms with E-state index in [0.29, 0.717) is 35.3 Å². The summed E-state index contributed by atoms with van der Waals surface area (Å²) in [5.74, 6) is -1.32. The summed E-state index contributed by atoms with van der Waals surface area (Å²) in [7, 11) is 0. The molecule has 172 valence electrons. The van der Waals surface area contributed by atoms with Crippen LogP contribution in [0.5, 0.6) is 11.5 Å². The Hall–Kier alpha value is -4.32. The number of carbonyl (C=O) groups excluding carboxylic acids is 2. The Morgan fingerprint density at radius 2 is 1.82 bits per heavy atom. The number of fused-ring (bicyclic) bond motifs is 1. The van der Waals surface area contributed by atoms with Gasteiger partial charge in [0.1, 0.15) is 24.0 Å². The number of aromatic nitrogens is 2. The Kier molecular flexibility index (Phi) is 5.21. The molecule has 0 unspecified atom stereocenters. The van der Waals surface area contributed by atoms with Crippen LogP contribution in [-0.4, -0.2) is 45.1 Å². The number of aliphatic hydroxyl groups is 1. The molecule has 0 saturated carbocycles. The number of non-ortho nitro benzene ring substituents is 1. The molecule has 12 heteroatoms. The molecule has 2 aliphatic rings. The largest absolute Gasteiger partial charge is 0.507 e. The standard InChI is InChI=1S/C22H16N4O7S/c1-11-23-24-22(34-11)25-18(12-2-5-14(6-3-12)26(30)31)17(20(28)21(25)29)19(27)13-4-7-15-16(10-13)33-9-8-32-15/h2-7,10,18,27H,8-9H2,1H3/b19-17+/t18-/m0/s1. The number of aliphatic hydroxyl groups excluding tert-OH is 1. The number of benzene rings is 2. The average molecular weight is 480 g/mol. The Morgan fingerprint density at radius 3 is 2.47 bits per heavy atom. The summed E-state index contributed by atoms with van der Waals surface area (Å²) in [6, 6.07) is 9.03. The van der Waals surface area contributed by atoms with E-state index >= 15 is 0 Å². The van der Waals surface area contributed by atoms with Crippen molar-refractivity contribution < 1.29 is 29.1 Å². The first-order valence-electron chi connectivity index (χ1n) is 10.1. The highest BCUT2D eigenvalue weighted by Crippen LogP contribution is 2.44. The first-order chi connectivity index (χ1) is 16.3. The molecule has 1 fully saturated rings. The molecular weight excluding hydrogens is 464 g/mol. The number of nitro benzene ring substituents is 1. The Morgan fingerprint density at radius 1 is 1.12 bits per heavy atom. The van der Waals surface area contributed by atoms with Crippen LogP contribution in [0.2, 0.25) is 0 Å². The summed E-state index contributed by atoms with van der Waals surface area (Å²) in [5.41, 5.74) is 0.307. The zero-order chi connectivity index (χ0) is 24.0. The van der Waals surface area contributed by atoms with Crippen LogP contribution in [0, 0.1) is 17.0 Å². The lowest BCUT2D eigenvalue weighted by molar-refractivity contribution is -0.384. The summed E-state index contributed by atoms with van der Waals surface area (Å²) in [4.78, 5) is 37.9. The Labute approximate surface area is 196 Å². The number of ketones is 1. The van der Waals surface area contributed by atoms with Gasteiger partial charge < -0.3 is 14.6 Å².